The van der Waals surface area contributed by atoms with Gasteiger partial charge in [-0.15, -0.1) is 5.10 Å². The molecule has 24 heavy (non-hydrogen) atoms. The van der Waals surface area contributed by atoms with E-state index < -0.39 is 0 Å². The maximum Gasteiger partial charge on any atom is 0.224 e. The highest BCUT2D eigenvalue weighted by atomic mass is 16.5. The summed E-state index contributed by atoms with van der Waals surface area (Å²) in [5, 5.41) is 20.2. The van der Waals surface area contributed by atoms with E-state index in [0.29, 0.717) is 31.5 Å². The van der Waals surface area contributed by atoms with E-state index in [1.165, 1.54) is 0 Å². The largest absolute Gasteiger partial charge is 0.396 e. The van der Waals surface area contributed by atoms with Crippen molar-refractivity contribution in [3.8, 4) is 0 Å². The lowest BCUT2D eigenvalue weighted by Crippen LogP contribution is -2.58. The van der Waals surface area contributed by atoms with Crippen molar-refractivity contribution in [2.24, 2.45) is 11.8 Å². The van der Waals surface area contributed by atoms with Gasteiger partial charge in [-0.1, -0.05) is 5.21 Å². The molecule has 2 bridgehead atoms. The van der Waals surface area contributed by atoms with Crippen LogP contribution in [-0.4, -0.2) is 76.9 Å². The first kappa shape index (κ1) is 17.3. The van der Waals surface area contributed by atoms with Crippen LogP contribution in [0.3, 0.4) is 0 Å². The highest BCUT2D eigenvalue weighted by Crippen LogP contribution is 2.36. The number of aliphatic hydroxyl groups is 1. The first-order valence-electron chi connectivity index (χ1n) is 8.71. The quantitative estimate of drug-likeness (QED) is 0.609. The van der Waals surface area contributed by atoms with E-state index in [1.807, 2.05) is 10.9 Å². The van der Waals surface area contributed by atoms with Crippen LogP contribution >= 0.6 is 0 Å². The summed E-state index contributed by atoms with van der Waals surface area (Å²) in [7, 11) is 1.64. The van der Waals surface area contributed by atoms with Crippen molar-refractivity contribution in [3.63, 3.8) is 0 Å². The number of amides is 1. The third-order valence-corrected chi connectivity index (χ3v) is 5.17. The number of nitrogens with one attached hydrogen (secondary N) is 1. The first-order chi connectivity index (χ1) is 11.7. The van der Waals surface area contributed by atoms with Gasteiger partial charge in [-0.25, -0.2) is 0 Å². The number of fused-ring (bicyclic) bond motifs is 3. The number of carbonyl (C=O) groups excluding carboxylic acids is 1. The van der Waals surface area contributed by atoms with Crippen molar-refractivity contribution in [2.75, 3.05) is 40.0 Å². The Morgan fingerprint density at radius 2 is 2.42 bits per heavy atom. The zero-order chi connectivity index (χ0) is 16.9. The molecule has 4 unspecified atom stereocenters. The highest BCUT2D eigenvalue weighted by molar-refractivity contribution is 5.79. The van der Waals surface area contributed by atoms with Crippen molar-refractivity contribution in [3.05, 3.63) is 11.9 Å². The number of aromatic nitrogens is 3. The molecule has 134 valence electrons. The fraction of sp³-hybridized carbons (Fsp3) is 0.812. The van der Waals surface area contributed by atoms with Gasteiger partial charge in [0.1, 0.15) is 0 Å². The summed E-state index contributed by atoms with van der Waals surface area (Å²) in [5.41, 5.74) is 0.823. The molecule has 3 fully saturated rings. The Bertz CT molecular complexity index is 550. The van der Waals surface area contributed by atoms with Crippen LogP contribution in [0.2, 0.25) is 0 Å². The van der Waals surface area contributed by atoms with Gasteiger partial charge < -0.3 is 15.2 Å². The predicted octanol–water partition coefficient (Wildman–Crippen LogP) is -0.714. The van der Waals surface area contributed by atoms with Crippen molar-refractivity contribution in [2.45, 2.75) is 31.8 Å². The fourth-order valence-corrected chi connectivity index (χ4v) is 3.91. The van der Waals surface area contributed by atoms with Crippen molar-refractivity contribution < 1.29 is 14.6 Å². The highest BCUT2D eigenvalue weighted by Gasteiger charge is 2.43. The molecule has 0 aromatic carbocycles. The lowest BCUT2D eigenvalue weighted by molar-refractivity contribution is -0.133. The van der Waals surface area contributed by atoms with Crippen LogP contribution in [0.15, 0.2) is 6.20 Å². The minimum Gasteiger partial charge on any atom is -0.396 e. The normalized spacial score (nSPS) is 28.9. The van der Waals surface area contributed by atoms with Crippen LogP contribution in [0.4, 0.5) is 0 Å². The Morgan fingerprint density at radius 3 is 3.12 bits per heavy atom. The molecule has 8 heteroatoms. The Morgan fingerprint density at radius 1 is 1.54 bits per heavy atom. The number of carbonyl (C=O) groups is 1. The molecule has 2 N–H and O–H groups in total. The second-order valence-corrected chi connectivity index (χ2v) is 6.73. The number of nitrogens with zero attached hydrogens (tertiary/aromatic N) is 4. The lowest BCUT2D eigenvalue weighted by atomic mass is 9.75. The van der Waals surface area contributed by atoms with Gasteiger partial charge in [0.2, 0.25) is 5.91 Å². The molecule has 8 nitrogen and oxygen atoms in total. The average molecular weight is 337 g/mol. The summed E-state index contributed by atoms with van der Waals surface area (Å²) in [5.74, 6) is 0.696. The zero-order valence-corrected chi connectivity index (χ0v) is 14.2. The summed E-state index contributed by atoms with van der Waals surface area (Å²) in [6.45, 7) is 3.90. The van der Waals surface area contributed by atoms with Gasteiger partial charge in [-0.05, 0) is 25.3 Å². The second-order valence-electron chi connectivity index (χ2n) is 6.73. The van der Waals surface area contributed by atoms with Crippen LogP contribution in [0, 0.1) is 11.8 Å². The Labute approximate surface area is 142 Å². The average Bonchev–Trinajstić information content (AvgIpc) is 3.03. The minimum atomic E-state index is 0.0903. The Balaban J connectivity index is 1.54. The number of methoxy groups -OCH3 is 1. The molecule has 0 saturated carbocycles. The van der Waals surface area contributed by atoms with Gasteiger partial charge in [0.05, 0.1) is 24.8 Å². The van der Waals surface area contributed by atoms with Gasteiger partial charge in [-0.2, -0.15) is 0 Å². The van der Waals surface area contributed by atoms with Gasteiger partial charge in [-0.3, -0.25) is 14.4 Å². The molecular formula is C16H27N5O3. The van der Waals surface area contributed by atoms with Gasteiger partial charge in [0.25, 0.3) is 0 Å². The van der Waals surface area contributed by atoms with Crippen LogP contribution in [0.25, 0.3) is 0 Å². The van der Waals surface area contributed by atoms with Crippen LogP contribution in [-0.2, 0) is 22.5 Å². The van der Waals surface area contributed by atoms with Crippen LogP contribution in [0.5, 0.6) is 0 Å². The topological polar surface area (TPSA) is 92.5 Å². The maximum absolute atomic E-state index is 12.4. The lowest BCUT2D eigenvalue weighted by Gasteiger charge is -2.49. The molecule has 0 aliphatic carbocycles. The minimum absolute atomic E-state index is 0.0903. The SMILES string of the molecule is COCCNC(=O)C1CN2CCC1CC2Cn1cc(CCO)nn1. The number of hydrogen-bond donors (Lipinski definition) is 2. The molecule has 1 amide bonds. The number of hydrogen-bond acceptors (Lipinski definition) is 6. The third kappa shape index (κ3) is 3.93. The van der Waals surface area contributed by atoms with Crippen LogP contribution < -0.4 is 5.32 Å². The molecule has 1 aromatic rings. The van der Waals surface area contributed by atoms with E-state index in [4.69, 9.17) is 9.84 Å². The molecule has 3 aliphatic heterocycles. The Kier molecular flexibility index (Phi) is 5.80. The van der Waals surface area contributed by atoms with Crippen molar-refractivity contribution in [1.82, 2.24) is 25.2 Å². The van der Waals surface area contributed by atoms with Crippen molar-refractivity contribution >= 4 is 5.91 Å². The first-order valence-corrected chi connectivity index (χ1v) is 8.71. The van der Waals surface area contributed by atoms with Gasteiger partial charge in [0, 0.05) is 45.5 Å². The van der Waals surface area contributed by atoms with Gasteiger partial charge >= 0.3 is 0 Å². The zero-order valence-electron chi connectivity index (χ0n) is 14.2. The van der Waals surface area contributed by atoms with Gasteiger partial charge in [0.15, 0.2) is 0 Å². The van der Waals surface area contributed by atoms with E-state index in [-0.39, 0.29) is 18.4 Å². The smallest absolute Gasteiger partial charge is 0.224 e. The predicted molar refractivity (Wildman–Crippen MR) is 87.3 cm³/mol. The number of ether oxygens (including phenoxy) is 1. The van der Waals surface area contributed by atoms with Crippen molar-refractivity contribution in [1.29, 1.82) is 0 Å². The molecule has 4 atom stereocenters. The summed E-state index contributed by atoms with van der Waals surface area (Å²) in [4.78, 5) is 14.8. The monoisotopic (exact) mass is 337 g/mol. The molecule has 0 spiro atoms. The molecular weight excluding hydrogens is 310 g/mol. The molecule has 3 saturated heterocycles. The Hall–Kier alpha value is -1.51. The molecule has 0 radical (unpaired) electrons. The number of piperidine rings is 3. The van der Waals surface area contributed by atoms with Crippen LogP contribution in [0.1, 0.15) is 18.5 Å². The summed E-state index contributed by atoms with van der Waals surface area (Å²) >= 11 is 0. The standard InChI is InChI=1S/C16H27N5O3/c1-24-7-4-17-16(23)15-11-20-5-2-12(15)8-14(20)10-21-9-13(3-6-22)18-19-21/h9,12,14-15,22H,2-8,10-11H2,1H3,(H,17,23). The third-order valence-electron chi connectivity index (χ3n) is 5.17. The maximum atomic E-state index is 12.4. The van der Waals surface area contributed by atoms with E-state index in [0.717, 1.165) is 38.2 Å². The molecule has 4 rings (SSSR count). The van der Waals surface area contributed by atoms with E-state index in [2.05, 4.69) is 20.5 Å². The summed E-state index contributed by atoms with van der Waals surface area (Å²) in [6.07, 6.45) is 4.57. The molecule has 3 aliphatic rings. The van der Waals surface area contributed by atoms with E-state index >= 15 is 0 Å². The summed E-state index contributed by atoms with van der Waals surface area (Å²) < 4.78 is 6.85. The summed E-state index contributed by atoms with van der Waals surface area (Å²) in [6, 6.07) is 0.412. The second kappa shape index (κ2) is 8.04. The van der Waals surface area contributed by atoms with E-state index in [1.54, 1.807) is 7.11 Å². The number of aliphatic hydroxyl groups excluding tert-OH is 1. The fourth-order valence-electron chi connectivity index (χ4n) is 3.91. The molecule has 4 heterocycles. The number of rotatable bonds is 8. The van der Waals surface area contributed by atoms with E-state index in [9.17, 15) is 4.79 Å². The molecule has 1 aromatic heterocycles.